The van der Waals surface area contributed by atoms with E-state index in [4.69, 9.17) is 0 Å². The van der Waals surface area contributed by atoms with Crippen molar-refractivity contribution in [3.8, 4) is 11.1 Å². The third kappa shape index (κ3) is 3.48. The summed E-state index contributed by atoms with van der Waals surface area (Å²) >= 11 is 0. The molecule has 1 heterocycles. The third-order valence-corrected chi connectivity index (χ3v) is 7.29. The van der Waals surface area contributed by atoms with Gasteiger partial charge in [-0.05, 0) is 75.1 Å². The highest BCUT2D eigenvalue weighted by Gasteiger charge is 2.34. The second-order valence-corrected chi connectivity index (χ2v) is 9.52. The summed E-state index contributed by atoms with van der Waals surface area (Å²) in [5, 5.41) is 4.88. The first-order chi connectivity index (χ1) is 18.7. The molecule has 3 heteroatoms. The van der Waals surface area contributed by atoms with E-state index in [1.165, 1.54) is 21.5 Å². The van der Waals surface area contributed by atoms with Crippen molar-refractivity contribution in [2.45, 2.75) is 0 Å². The second kappa shape index (κ2) is 8.75. The number of amides is 1. The normalized spacial score (nSPS) is 13.3. The molecule has 0 fully saturated rings. The van der Waals surface area contributed by atoms with Gasteiger partial charge in [0, 0.05) is 5.69 Å². The molecule has 0 unspecified atom stereocenters. The zero-order valence-electron chi connectivity index (χ0n) is 20.7. The van der Waals surface area contributed by atoms with Crippen LogP contribution in [-0.4, -0.2) is 5.91 Å². The number of nitrogens with zero attached hydrogens (tertiary/aromatic N) is 2. The van der Waals surface area contributed by atoms with Crippen molar-refractivity contribution in [3.63, 3.8) is 0 Å². The summed E-state index contributed by atoms with van der Waals surface area (Å²) in [6.45, 7) is 4.35. The molecular formula is C35H24N2O. The average molecular weight is 489 g/mol. The van der Waals surface area contributed by atoms with Crippen molar-refractivity contribution in [1.29, 1.82) is 0 Å². The molecule has 38 heavy (non-hydrogen) atoms. The predicted molar refractivity (Wildman–Crippen MR) is 158 cm³/mol. The number of benzene rings is 6. The maximum Gasteiger partial charge on any atom is 0.266 e. The van der Waals surface area contributed by atoms with Crippen LogP contribution in [0.1, 0.15) is 10.4 Å². The van der Waals surface area contributed by atoms with Crippen LogP contribution in [0.3, 0.4) is 0 Å². The monoisotopic (exact) mass is 488 g/mol. The van der Waals surface area contributed by atoms with Crippen LogP contribution >= 0.6 is 0 Å². The minimum Gasteiger partial charge on any atom is -0.296 e. The molecule has 6 aromatic rings. The highest BCUT2D eigenvalue weighted by atomic mass is 16.2. The van der Waals surface area contributed by atoms with Gasteiger partial charge in [0.05, 0.1) is 16.9 Å². The fourth-order valence-corrected chi connectivity index (χ4v) is 5.46. The number of para-hydroxylation sites is 2. The van der Waals surface area contributed by atoms with E-state index >= 15 is 0 Å². The third-order valence-electron chi connectivity index (χ3n) is 7.29. The van der Waals surface area contributed by atoms with Gasteiger partial charge in [-0.15, -0.1) is 0 Å². The Labute approximate surface area is 221 Å². The molecule has 0 atom stereocenters. The van der Waals surface area contributed by atoms with Gasteiger partial charge in [-0.1, -0.05) is 97.6 Å². The zero-order valence-corrected chi connectivity index (χ0v) is 20.7. The van der Waals surface area contributed by atoms with Crippen LogP contribution in [0.15, 0.2) is 146 Å². The quantitative estimate of drug-likeness (QED) is 0.232. The summed E-state index contributed by atoms with van der Waals surface area (Å²) in [6, 6.07) is 45.2. The molecule has 1 amide bonds. The van der Waals surface area contributed by atoms with E-state index in [-0.39, 0.29) is 5.91 Å². The average Bonchev–Trinajstić information content (AvgIpc) is 2.98. The number of carbonyl (C=O) groups is 1. The Kier molecular flexibility index (Phi) is 5.09. The lowest BCUT2D eigenvalue weighted by Crippen LogP contribution is -2.42. The maximum atomic E-state index is 14.0. The summed E-state index contributed by atoms with van der Waals surface area (Å²) in [7, 11) is 0. The first-order valence-electron chi connectivity index (χ1n) is 12.7. The molecule has 7 rings (SSSR count). The van der Waals surface area contributed by atoms with Crippen LogP contribution in [0.5, 0.6) is 0 Å². The van der Waals surface area contributed by atoms with Crippen molar-refractivity contribution in [1.82, 2.24) is 0 Å². The number of hydrogen-bond donors (Lipinski definition) is 0. The summed E-state index contributed by atoms with van der Waals surface area (Å²) < 4.78 is 0. The number of anilines is 3. The molecule has 0 aliphatic carbocycles. The fraction of sp³-hybridized carbons (Fsp3) is 0. The molecule has 0 aromatic heterocycles. The standard InChI is InChI=1S/C35H24N2O/c1-24-36(29-11-4-2-5-12-29)34-21-19-27(23-33(34)35(38)37(24)30-13-6-3-7-14-30)26-18-20-32-28(22-26)17-16-25-10-8-9-15-31(25)32/h2-23H,1H2. The van der Waals surface area contributed by atoms with E-state index in [2.05, 4.69) is 72.1 Å². The van der Waals surface area contributed by atoms with Crippen molar-refractivity contribution in [2.75, 3.05) is 9.80 Å². The van der Waals surface area contributed by atoms with Crippen molar-refractivity contribution in [3.05, 3.63) is 151 Å². The van der Waals surface area contributed by atoms with E-state index in [0.717, 1.165) is 28.2 Å². The largest absolute Gasteiger partial charge is 0.296 e. The van der Waals surface area contributed by atoms with Crippen LogP contribution in [0, 0.1) is 0 Å². The first kappa shape index (κ1) is 22.1. The molecule has 1 aliphatic rings. The molecular weight excluding hydrogens is 464 g/mol. The summed E-state index contributed by atoms with van der Waals surface area (Å²) in [6.07, 6.45) is 0. The molecule has 6 aromatic carbocycles. The molecule has 180 valence electrons. The van der Waals surface area contributed by atoms with Gasteiger partial charge in [-0.2, -0.15) is 0 Å². The Morgan fingerprint density at radius 1 is 0.500 bits per heavy atom. The minimum absolute atomic E-state index is 0.0861. The lowest BCUT2D eigenvalue weighted by molar-refractivity contribution is 0.0992. The smallest absolute Gasteiger partial charge is 0.266 e. The number of carbonyl (C=O) groups excluding carboxylic acids is 1. The second-order valence-electron chi connectivity index (χ2n) is 9.52. The summed E-state index contributed by atoms with van der Waals surface area (Å²) in [4.78, 5) is 17.7. The number of rotatable bonds is 3. The lowest BCUT2D eigenvalue weighted by atomic mass is 9.95. The Hall–Kier alpha value is -5.15. The number of hydrogen-bond acceptors (Lipinski definition) is 2. The van der Waals surface area contributed by atoms with Crippen molar-refractivity contribution < 1.29 is 4.79 Å². The van der Waals surface area contributed by atoms with Gasteiger partial charge in [-0.25, -0.2) is 0 Å². The van der Waals surface area contributed by atoms with Crippen LogP contribution < -0.4 is 9.80 Å². The topological polar surface area (TPSA) is 23.6 Å². The summed E-state index contributed by atoms with van der Waals surface area (Å²) in [5.74, 6) is 0.516. The van der Waals surface area contributed by atoms with Gasteiger partial charge in [0.15, 0.2) is 0 Å². The molecule has 3 nitrogen and oxygen atoms in total. The number of fused-ring (bicyclic) bond motifs is 4. The highest BCUT2D eigenvalue weighted by Crippen LogP contribution is 2.42. The molecule has 0 saturated heterocycles. The summed E-state index contributed by atoms with van der Waals surface area (Å²) in [5.41, 5.74) is 5.29. The van der Waals surface area contributed by atoms with Crippen LogP contribution in [0.4, 0.5) is 17.1 Å². The molecule has 0 radical (unpaired) electrons. The lowest BCUT2D eigenvalue weighted by Gasteiger charge is -2.39. The zero-order chi connectivity index (χ0) is 25.6. The van der Waals surface area contributed by atoms with Gasteiger partial charge in [-0.3, -0.25) is 14.6 Å². The van der Waals surface area contributed by atoms with Crippen molar-refractivity contribution in [2.24, 2.45) is 0 Å². The molecule has 0 bridgehead atoms. The highest BCUT2D eigenvalue weighted by molar-refractivity contribution is 6.16. The fourth-order valence-electron chi connectivity index (χ4n) is 5.46. The maximum absolute atomic E-state index is 14.0. The van der Waals surface area contributed by atoms with Gasteiger partial charge in [0.2, 0.25) is 0 Å². The van der Waals surface area contributed by atoms with E-state index in [1.54, 1.807) is 4.90 Å². The molecule has 1 aliphatic heterocycles. The first-order valence-corrected chi connectivity index (χ1v) is 12.7. The Balaban J connectivity index is 1.39. The van der Waals surface area contributed by atoms with E-state index in [1.807, 2.05) is 72.8 Å². The predicted octanol–water partition coefficient (Wildman–Crippen LogP) is 8.93. The van der Waals surface area contributed by atoms with Crippen LogP contribution in [-0.2, 0) is 0 Å². The van der Waals surface area contributed by atoms with Gasteiger partial charge in [0.25, 0.3) is 5.91 Å². The van der Waals surface area contributed by atoms with E-state index < -0.39 is 0 Å². The van der Waals surface area contributed by atoms with Crippen molar-refractivity contribution >= 4 is 44.5 Å². The Bertz CT molecular complexity index is 1860. The SMILES string of the molecule is C=C1N(c2ccccc2)C(=O)c2cc(-c3ccc4c(ccc5ccccc54)c3)ccc2N1c1ccccc1. The molecule has 0 N–H and O–H groups in total. The van der Waals surface area contributed by atoms with Gasteiger partial charge < -0.3 is 0 Å². The Morgan fingerprint density at radius 3 is 1.84 bits per heavy atom. The van der Waals surface area contributed by atoms with Gasteiger partial charge in [0.1, 0.15) is 5.82 Å². The van der Waals surface area contributed by atoms with E-state index in [0.29, 0.717) is 11.4 Å². The van der Waals surface area contributed by atoms with Gasteiger partial charge >= 0.3 is 0 Å². The van der Waals surface area contributed by atoms with Crippen LogP contribution in [0.2, 0.25) is 0 Å². The molecule has 0 spiro atoms. The minimum atomic E-state index is -0.0861. The van der Waals surface area contributed by atoms with E-state index in [9.17, 15) is 4.79 Å². The van der Waals surface area contributed by atoms with Crippen LogP contribution in [0.25, 0.3) is 32.7 Å². The Morgan fingerprint density at radius 2 is 1.08 bits per heavy atom. The molecule has 0 saturated carbocycles.